The fourth-order valence-corrected chi connectivity index (χ4v) is 1.89. The van der Waals surface area contributed by atoms with Gasteiger partial charge in [-0.1, -0.05) is 0 Å². The maximum Gasteiger partial charge on any atom is 0.0895 e. The van der Waals surface area contributed by atoms with E-state index in [4.69, 9.17) is 0 Å². The quantitative estimate of drug-likeness (QED) is 0.191. The Morgan fingerprint density at radius 2 is 0.789 bits per heavy atom. The molecular weight excluding hydrogens is 256 g/mol. The molecule has 116 valence electrons. The number of hydrogen-bond donors (Lipinski definition) is 8. The highest BCUT2D eigenvalue weighted by Gasteiger charge is 2.39. The van der Waals surface area contributed by atoms with Crippen LogP contribution in [-0.4, -0.2) is 87.0 Å². The van der Waals surface area contributed by atoms with E-state index in [-0.39, 0.29) is 0 Å². The Balaban J connectivity index is 4.96. The molecular formula is C11H26N2O6. The van der Waals surface area contributed by atoms with Crippen molar-refractivity contribution in [3.63, 3.8) is 0 Å². The molecule has 8 N–H and O–H groups in total. The molecule has 0 atom stereocenters. The van der Waals surface area contributed by atoms with Gasteiger partial charge in [-0.3, -0.25) is 10.6 Å². The molecule has 0 unspecified atom stereocenters. The van der Waals surface area contributed by atoms with Gasteiger partial charge in [-0.05, 0) is 13.8 Å². The third-order valence-corrected chi connectivity index (χ3v) is 2.97. The van der Waals surface area contributed by atoms with Gasteiger partial charge in [-0.2, -0.15) is 0 Å². The molecule has 0 aliphatic rings. The predicted octanol–water partition coefficient (Wildman–Crippen LogP) is -3.67. The molecule has 8 heteroatoms. The molecule has 0 heterocycles. The van der Waals surface area contributed by atoms with Crippen molar-refractivity contribution in [2.45, 2.75) is 30.6 Å². The lowest BCUT2D eigenvalue weighted by Crippen LogP contribution is -2.72. The van der Waals surface area contributed by atoms with Gasteiger partial charge in [-0.25, -0.2) is 0 Å². The molecule has 0 aliphatic heterocycles. The van der Waals surface area contributed by atoms with Crippen molar-refractivity contribution in [2.75, 3.05) is 39.6 Å². The molecule has 0 aliphatic carbocycles. The van der Waals surface area contributed by atoms with Crippen LogP contribution in [0.2, 0.25) is 0 Å². The van der Waals surface area contributed by atoms with Gasteiger partial charge in [-0.15, -0.1) is 0 Å². The summed E-state index contributed by atoms with van der Waals surface area (Å²) >= 11 is 0. The van der Waals surface area contributed by atoms with Crippen LogP contribution in [0.4, 0.5) is 0 Å². The molecule has 0 spiro atoms. The second kappa shape index (κ2) is 7.46. The molecule has 0 aromatic rings. The highest BCUT2D eigenvalue weighted by Crippen LogP contribution is 2.14. The molecule has 0 saturated carbocycles. The predicted molar refractivity (Wildman–Crippen MR) is 68.3 cm³/mol. The minimum Gasteiger partial charge on any atom is -0.394 e. The minimum atomic E-state index is -1.32. The molecule has 0 aromatic carbocycles. The molecule has 8 nitrogen and oxygen atoms in total. The first-order valence-corrected chi connectivity index (χ1v) is 6.02. The first-order chi connectivity index (χ1) is 8.78. The normalized spacial score (nSPS) is 13.9. The zero-order valence-electron chi connectivity index (χ0n) is 11.4. The second-order valence-electron chi connectivity index (χ2n) is 5.38. The fraction of sp³-hybridized carbons (Fsp3) is 1.00. The van der Waals surface area contributed by atoms with E-state index in [1.54, 1.807) is 13.8 Å². The van der Waals surface area contributed by atoms with Gasteiger partial charge in [0.2, 0.25) is 0 Å². The van der Waals surface area contributed by atoms with Crippen LogP contribution in [0.25, 0.3) is 0 Å². The van der Waals surface area contributed by atoms with Gasteiger partial charge in [0.1, 0.15) is 0 Å². The molecule has 0 rings (SSSR count). The second-order valence-corrected chi connectivity index (χ2v) is 5.38. The van der Waals surface area contributed by atoms with Crippen molar-refractivity contribution in [1.82, 2.24) is 10.6 Å². The van der Waals surface area contributed by atoms with Gasteiger partial charge in [0, 0.05) is 0 Å². The van der Waals surface area contributed by atoms with Crippen molar-refractivity contribution in [1.29, 1.82) is 0 Å². The summed E-state index contributed by atoms with van der Waals surface area (Å²) in [6, 6.07) is 0. The van der Waals surface area contributed by atoms with Gasteiger partial charge in [0.15, 0.2) is 0 Å². The zero-order valence-corrected chi connectivity index (χ0v) is 11.4. The molecule has 0 saturated heterocycles. The first-order valence-electron chi connectivity index (χ1n) is 6.02. The van der Waals surface area contributed by atoms with Crippen molar-refractivity contribution >= 4 is 0 Å². The summed E-state index contributed by atoms with van der Waals surface area (Å²) in [4.78, 5) is 0. The third-order valence-electron chi connectivity index (χ3n) is 2.97. The Morgan fingerprint density at radius 1 is 0.579 bits per heavy atom. The van der Waals surface area contributed by atoms with Gasteiger partial charge >= 0.3 is 0 Å². The number of aliphatic hydroxyl groups is 6. The van der Waals surface area contributed by atoms with Crippen LogP contribution in [0.15, 0.2) is 0 Å². The largest absolute Gasteiger partial charge is 0.394 e. The van der Waals surface area contributed by atoms with Crippen molar-refractivity contribution in [3.05, 3.63) is 0 Å². The van der Waals surface area contributed by atoms with E-state index in [1.807, 2.05) is 0 Å². The van der Waals surface area contributed by atoms with E-state index in [1.165, 1.54) is 0 Å². The molecule has 0 bridgehead atoms. The highest BCUT2D eigenvalue weighted by molar-refractivity contribution is 4.98. The molecule has 0 amide bonds. The average molecular weight is 282 g/mol. The summed E-state index contributed by atoms with van der Waals surface area (Å²) < 4.78 is 0. The van der Waals surface area contributed by atoms with Crippen LogP contribution in [0, 0.1) is 0 Å². The smallest absolute Gasteiger partial charge is 0.0895 e. The Kier molecular flexibility index (Phi) is 7.33. The summed E-state index contributed by atoms with van der Waals surface area (Å²) in [6.45, 7) is 0.220. The number of aliphatic hydroxyl groups excluding tert-OH is 6. The lowest BCUT2D eigenvalue weighted by molar-refractivity contribution is -0.0172. The number of hydrogen-bond acceptors (Lipinski definition) is 8. The lowest BCUT2D eigenvalue weighted by Gasteiger charge is -2.44. The SMILES string of the molecule is CC(C)(NC(CO)(CO)CO)NC(CO)(CO)CO. The summed E-state index contributed by atoms with van der Waals surface area (Å²) in [5, 5.41) is 61.1. The van der Waals surface area contributed by atoms with Crippen molar-refractivity contribution in [2.24, 2.45) is 0 Å². The van der Waals surface area contributed by atoms with E-state index >= 15 is 0 Å². The Hall–Kier alpha value is -0.320. The van der Waals surface area contributed by atoms with E-state index < -0.39 is 56.4 Å². The van der Waals surface area contributed by atoms with Gasteiger partial charge < -0.3 is 30.6 Å². The lowest BCUT2D eigenvalue weighted by atomic mass is 9.96. The summed E-state index contributed by atoms with van der Waals surface area (Å²) in [5.41, 5.74) is -3.62. The molecule has 0 aromatic heterocycles. The first kappa shape index (κ1) is 18.7. The van der Waals surface area contributed by atoms with Crippen LogP contribution in [0.3, 0.4) is 0 Å². The zero-order chi connectivity index (χ0) is 15.2. The van der Waals surface area contributed by atoms with E-state index in [9.17, 15) is 30.6 Å². The van der Waals surface area contributed by atoms with Crippen LogP contribution in [0.5, 0.6) is 0 Å². The maximum atomic E-state index is 9.25. The number of rotatable bonds is 10. The van der Waals surface area contributed by atoms with Gasteiger partial charge in [0.25, 0.3) is 0 Å². The maximum absolute atomic E-state index is 9.25. The summed E-state index contributed by atoms with van der Waals surface area (Å²) in [5.74, 6) is 0. The standard InChI is InChI=1S/C11H26N2O6/c1-9(2,12-10(3-14,4-15)5-16)13-11(6-17,7-18)8-19/h12-19H,3-8H2,1-2H3. The van der Waals surface area contributed by atoms with Crippen LogP contribution >= 0.6 is 0 Å². The van der Waals surface area contributed by atoms with E-state index in [0.717, 1.165) is 0 Å². The summed E-state index contributed by atoms with van der Waals surface area (Å²) in [7, 11) is 0. The average Bonchev–Trinajstić information content (AvgIpc) is 2.42. The third kappa shape index (κ3) is 4.93. The monoisotopic (exact) mass is 282 g/mol. The number of nitrogens with one attached hydrogen (secondary N) is 2. The van der Waals surface area contributed by atoms with Crippen molar-refractivity contribution in [3.8, 4) is 0 Å². The Bertz CT molecular complexity index is 213. The summed E-state index contributed by atoms with van der Waals surface area (Å²) in [6.07, 6.45) is 0. The van der Waals surface area contributed by atoms with Gasteiger partial charge in [0.05, 0.1) is 56.4 Å². The minimum absolute atomic E-state index is 0.504. The van der Waals surface area contributed by atoms with Crippen LogP contribution in [-0.2, 0) is 0 Å². The topological polar surface area (TPSA) is 145 Å². The van der Waals surface area contributed by atoms with Crippen molar-refractivity contribution < 1.29 is 30.6 Å². The molecule has 19 heavy (non-hydrogen) atoms. The fourth-order valence-electron chi connectivity index (χ4n) is 1.89. The Morgan fingerprint density at radius 3 is 0.947 bits per heavy atom. The van der Waals surface area contributed by atoms with E-state index in [0.29, 0.717) is 0 Å². The molecule has 0 radical (unpaired) electrons. The highest BCUT2D eigenvalue weighted by atomic mass is 16.3. The van der Waals surface area contributed by atoms with Crippen LogP contribution in [0.1, 0.15) is 13.8 Å². The Labute approximate surface area is 112 Å². The van der Waals surface area contributed by atoms with E-state index in [2.05, 4.69) is 10.6 Å². The van der Waals surface area contributed by atoms with Crippen LogP contribution < -0.4 is 10.6 Å². The molecule has 0 fully saturated rings.